The first kappa shape index (κ1) is 36.9. The zero-order valence-electron chi connectivity index (χ0n) is 32.7. The molecule has 5 aliphatic rings. The molecule has 0 unspecified atom stereocenters. The molecule has 9 rings (SSSR count). The molecule has 57 heavy (non-hydrogen) atoms. The number of nitrogens with zero attached hydrogens (tertiary/aromatic N) is 8. The molecule has 7 heterocycles. The SMILES string of the molecule is Cc1cc(N2CCN(CC3CCN(c4ccc(Nc5ncc6c(n5)CN(c5cnc7c(c5C)NCCO7)CC6)cc4F)CC3)CC2)ccc1N1CCC(=O)NC1=O. The number of amides is 3. The van der Waals surface area contributed by atoms with E-state index in [1.807, 2.05) is 37.5 Å². The van der Waals surface area contributed by atoms with Crippen LogP contribution in [0.1, 0.15) is 41.6 Å². The maximum atomic E-state index is 15.6. The number of nitrogens with one attached hydrogen (secondary N) is 3. The average Bonchev–Trinajstić information content (AvgIpc) is 3.22. The maximum absolute atomic E-state index is 15.6. The number of ether oxygens (including phenoxy) is 1. The van der Waals surface area contributed by atoms with Crippen molar-refractivity contribution < 1.29 is 18.7 Å². The zero-order chi connectivity index (χ0) is 39.0. The van der Waals surface area contributed by atoms with Crippen molar-refractivity contribution >= 4 is 52.0 Å². The van der Waals surface area contributed by atoms with Gasteiger partial charge in [-0.15, -0.1) is 0 Å². The monoisotopic (exact) mass is 775 g/mol. The van der Waals surface area contributed by atoms with Gasteiger partial charge >= 0.3 is 6.03 Å². The van der Waals surface area contributed by atoms with Crippen molar-refractivity contribution in [2.45, 2.75) is 46.1 Å². The number of hydrogen-bond acceptors (Lipinski definition) is 12. The highest BCUT2D eigenvalue weighted by Gasteiger charge is 2.29. The minimum Gasteiger partial charge on any atom is -0.474 e. The number of piperidine rings is 1. The van der Waals surface area contributed by atoms with Gasteiger partial charge in [0.1, 0.15) is 18.1 Å². The summed E-state index contributed by atoms with van der Waals surface area (Å²) in [6.07, 6.45) is 6.97. The van der Waals surface area contributed by atoms with Gasteiger partial charge in [-0.2, -0.15) is 0 Å². The highest BCUT2D eigenvalue weighted by molar-refractivity contribution is 6.06. The highest BCUT2D eigenvalue weighted by Crippen LogP contribution is 2.37. The van der Waals surface area contributed by atoms with E-state index in [0.29, 0.717) is 55.2 Å². The van der Waals surface area contributed by atoms with E-state index in [1.54, 1.807) is 11.0 Å². The Balaban J connectivity index is 0.752. The fourth-order valence-electron chi connectivity index (χ4n) is 8.91. The molecule has 3 N–H and O–H groups in total. The zero-order valence-corrected chi connectivity index (χ0v) is 32.7. The summed E-state index contributed by atoms with van der Waals surface area (Å²) in [6.45, 7) is 14.0. The standard InChI is InChI=1S/C42H50FN11O3/c1-27-21-32(4-6-35(27)54-15-10-38(55)49-42(54)56)51-18-16-50(17-19-51)25-29-7-12-52(13-8-29)36-5-3-31(22-33(36)43)47-41-46-23-30-9-14-53(26-34(30)48-41)37-24-45-40-39(28(37)2)44-11-20-57-40/h3-6,21-24,29,44H,7-20,25-26H2,1-2H3,(H,46,47,48)(H,49,55,56). The molecule has 14 nitrogen and oxygen atoms in total. The maximum Gasteiger partial charge on any atom is 0.328 e. The number of rotatable bonds is 8. The van der Waals surface area contributed by atoms with Crippen LogP contribution in [0.4, 0.5) is 49.3 Å². The van der Waals surface area contributed by atoms with Gasteiger partial charge in [0.2, 0.25) is 17.7 Å². The van der Waals surface area contributed by atoms with Gasteiger partial charge in [-0.25, -0.2) is 24.1 Å². The van der Waals surface area contributed by atoms with Gasteiger partial charge in [0.15, 0.2) is 0 Å². The van der Waals surface area contributed by atoms with E-state index in [1.165, 1.54) is 0 Å². The number of pyridine rings is 1. The third-order valence-corrected chi connectivity index (χ3v) is 12.1. The molecule has 0 aliphatic carbocycles. The van der Waals surface area contributed by atoms with Crippen LogP contribution in [-0.4, -0.2) is 104 Å². The molecule has 3 amide bonds. The number of benzene rings is 2. The van der Waals surface area contributed by atoms with Crippen LogP contribution in [-0.2, 0) is 17.8 Å². The van der Waals surface area contributed by atoms with Crippen LogP contribution in [0.15, 0.2) is 48.8 Å². The van der Waals surface area contributed by atoms with Crippen molar-refractivity contribution in [3.63, 3.8) is 0 Å². The first-order chi connectivity index (χ1) is 27.8. The van der Waals surface area contributed by atoms with Crippen molar-refractivity contribution in [1.82, 2.24) is 25.2 Å². The quantitative estimate of drug-likeness (QED) is 0.217. The van der Waals surface area contributed by atoms with Crippen molar-refractivity contribution in [3.8, 4) is 5.88 Å². The second-order valence-electron chi connectivity index (χ2n) is 15.8. The molecule has 0 radical (unpaired) electrons. The van der Waals surface area contributed by atoms with E-state index in [9.17, 15) is 9.59 Å². The second-order valence-corrected chi connectivity index (χ2v) is 15.8. The lowest BCUT2D eigenvalue weighted by Gasteiger charge is -2.40. The molecular weight excluding hydrogens is 726 g/mol. The molecule has 298 valence electrons. The Hall–Kier alpha value is -5.70. The summed E-state index contributed by atoms with van der Waals surface area (Å²) in [5.41, 5.74) is 9.50. The predicted octanol–water partition coefficient (Wildman–Crippen LogP) is 5.22. The minimum absolute atomic E-state index is 0.224. The fourth-order valence-corrected chi connectivity index (χ4v) is 8.91. The molecule has 5 aliphatic heterocycles. The van der Waals surface area contributed by atoms with Crippen molar-refractivity contribution in [1.29, 1.82) is 0 Å². The van der Waals surface area contributed by atoms with E-state index in [4.69, 9.17) is 9.72 Å². The minimum atomic E-state index is -0.354. The number of hydrogen-bond donors (Lipinski definition) is 3. The van der Waals surface area contributed by atoms with Crippen molar-refractivity contribution in [2.24, 2.45) is 5.92 Å². The Morgan fingerprint density at radius 2 is 1.68 bits per heavy atom. The molecule has 3 fully saturated rings. The summed E-state index contributed by atoms with van der Waals surface area (Å²) in [4.78, 5) is 49.0. The Kier molecular flexibility index (Phi) is 10.2. The van der Waals surface area contributed by atoms with Crippen LogP contribution in [0.2, 0.25) is 0 Å². The van der Waals surface area contributed by atoms with Crippen LogP contribution in [0.5, 0.6) is 5.88 Å². The summed E-state index contributed by atoms with van der Waals surface area (Å²) in [6, 6.07) is 11.2. The van der Waals surface area contributed by atoms with Crippen LogP contribution in [0, 0.1) is 25.6 Å². The number of anilines is 7. The number of halogens is 1. The molecule has 2 aromatic heterocycles. The molecule has 0 bridgehead atoms. The fraction of sp³-hybridized carbons (Fsp3) is 0.452. The Morgan fingerprint density at radius 3 is 2.47 bits per heavy atom. The molecule has 15 heteroatoms. The summed E-state index contributed by atoms with van der Waals surface area (Å²) in [5.74, 6) is 1.22. The van der Waals surface area contributed by atoms with Gasteiger partial charge in [0.25, 0.3) is 0 Å². The highest BCUT2D eigenvalue weighted by atomic mass is 19.1. The Bertz CT molecular complexity index is 2170. The molecule has 0 atom stereocenters. The van der Waals surface area contributed by atoms with Gasteiger partial charge < -0.3 is 30.1 Å². The van der Waals surface area contributed by atoms with E-state index in [0.717, 1.165) is 123 Å². The number of fused-ring (bicyclic) bond motifs is 2. The molecule has 4 aromatic rings. The number of piperazine rings is 1. The van der Waals surface area contributed by atoms with Gasteiger partial charge in [0.05, 0.1) is 29.8 Å². The molecule has 0 saturated carbocycles. The summed E-state index contributed by atoms with van der Waals surface area (Å²) < 4.78 is 21.4. The topological polar surface area (TPSA) is 134 Å². The lowest BCUT2D eigenvalue weighted by atomic mass is 9.95. The first-order valence-corrected chi connectivity index (χ1v) is 20.2. The number of urea groups is 1. The van der Waals surface area contributed by atoms with Gasteiger partial charge in [0, 0.05) is 101 Å². The van der Waals surface area contributed by atoms with Gasteiger partial charge in [-0.1, -0.05) is 0 Å². The molecule has 3 saturated heterocycles. The first-order valence-electron chi connectivity index (χ1n) is 20.2. The van der Waals surface area contributed by atoms with E-state index >= 15 is 4.39 Å². The van der Waals surface area contributed by atoms with Crippen molar-refractivity contribution in [3.05, 3.63) is 77.0 Å². The van der Waals surface area contributed by atoms with Crippen LogP contribution < -0.4 is 40.3 Å². The van der Waals surface area contributed by atoms with Crippen LogP contribution in [0.3, 0.4) is 0 Å². The molecule has 0 spiro atoms. The van der Waals surface area contributed by atoms with Crippen LogP contribution >= 0.6 is 0 Å². The van der Waals surface area contributed by atoms with Gasteiger partial charge in [-0.05, 0) is 86.6 Å². The number of aryl methyl sites for hydroxylation is 1. The summed E-state index contributed by atoms with van der Waals surface area (Å²) in [5, 5.41) is 9.09. The lowest BCUT2D eigenvalue weighted by molar-refractivity contribution is -0.120. The Morgan fingerprint density at radius 1 is 0.860 bits per heavy atom. The average molecular weight is 776 g/mol. The largest absolute Gasteiger partial charge is 0.474 e. The smallest absolute Gasteiger partial charge is 0.328 e. The summed E-state index contributed by atoms with van der Waals surface area (Å²) >= 11 is 0. The van der Waals surface area contributed by atoms with E-state index < -0.39 is 0 Å². The third kappa shape index (κ3) is 7.72. The van der Waals surface area contributed by atoms with E-state index in [-0.39, 0.29) is 17.8 Å². The van der Waals surface area contributed by atoms with Crippen molar-refractivity contribution in [2.75, 3.05) is 102 Å². The number of aromatic nitrogens is 3. The van der Waals surface area contributed by atoms with Gasteiger partial charge in [-0.3, -0.25) is 19.9 Å². The van der Waals surface area contributed by atoms with Crippen LogP contribution in [0.25, 0.3) is 0 Å². The predicted molar refractivity (Wildman–Crippen MR) is 220 cm³/mol. The number of imide groups is 1. The molecular formula is C42H50FN11O3. The third-order valence-electron chi connectivity index (χ3n) is 12.1. The number of carbonyl (C=O) groups excluding carboxylic acids is 2. The Labute approximate surface area is 332 Å². The van der Waals surface area contributed by atoms with E-state index in [2.05, 4.69) is 64.6 Å². The normalized spacial score (nSPS) is 19.1. The second kappa shape index (κ2) is 15.7. The lowest BCUT2D eigenvalue weighted by Crippen LogP contribution is -2.50. The summed E-state index contributed by atoms with van der Waals surface area (Å²) in [7, 11) is 0. The number of carbonyl (C=O) groups is 2. The molecule has 2 aromatic carbocycles.